The zero-order valence-corrected chi connectivity index (χ0v) is 23.8. The molecule has 2 rings (SSSR count). The standard InChI is InChI=1S/C29H39N5O7/c1-17(35)32-23(10-5-6-13-30)28(40)33-19-11-12-21(22(15-19)18-8-7-9-20(36)14-18)27(39)34-24(26(31)38)16-25(37)41-29(2,3)4/h7-9,11-12,14-15,23-24,36H,5-6,10,13,16,30H2,1-4H3,(H2,31,38)(H,32,35)(H,33,40)(H,34,39)/t23-,24-/m0/s1. The maximum atomic E-state index is 13.3. The smallest absolute Gasteiger partial charge is 0.308 e. The molecule has 0 saturated heterocycles. The SMILES string of the molecule is CC(=O)N[C@@H](CCCCN)C(=O)Nc1ccc(C(=O)N[C@@H](CC(=O)OC(C)(C)C)C(N)=O)c(-c2cccc(O)c2)c1. The van der Waals surface area contributed by atoms with Crippen LogP contribution >= 0.6 is 0 Å². The molecule has 0 aromatic heterocycles. The lowest BCUT2D eigenvalue weighted by atomic mass is 9.97. The lowest BCUT2D eigenvalue weighted by molar-refractivity contribution is -0.156. The Bertz CT molecular complexity index is 1270. The summed E-state index contributed by atoms with van der Waals surface area (Å²) in [6, 6.07) is 8.41. The van der Waals surface area contributed by atoms with Gasteiger partial charge < -0.3 is 37.3 Å². The van der Waals surface area contributed by atoms with Crippen LogP contribution in [0.5, 0.6) is 5.75 Å². The van der Waals surface area contributed by atoms with Gasteiger partial charge in [-0.25, -0.2) is 0 Å². The summed E-state index contributed by atoms with van der Waals surface area (Å²) in [6.07, 6.45) is 1.24. The predicted molar refractivity (Wildman–Crippen MR) is 154 cm³/mol. The summed E-state index contributed by atoms with van der Waals surface area (Å²) < 4.78 is 5.24. The molecule has 0 radical (unpaired) electrons. The lowest BCUT2D eigenvalue weighted by Crippen LogP contribution is -2.46. The van der Waals surface area contributed by atoms with Crippen LogP contribution in [-0.2, 0) is 23.9 Å². The van der Waals surface area contributed by atoms with Crippen LogP contribution < -0.4 is 27.4 Å². The molecular weight excluding hydrogens is 530 g/mol. The number of anilines is 1. The number of nitrogens with one attached hydrogen (secondary N) is 3. The molecule has 0 saturated carbocycles. The number of aromatic hydroxyl groups is 1. The van der Waals surface area contributed by atoms with Gasteiger partial charge in [-0.05, 0) is 88.0 Å². The van der Waals surface area contributed by atoms with Crippen molar-refractivity contribution in [2.45, 2.75) is 71.1 Å². The Labute approximate surface area is 239 Å². The first kappa shape index (κ1) is 32.8. The molecule has 0 aliphatic carbocycles. The Morgan fingerprint density at radius 1 is 0.976 bits per heavy atom. The number of amides is 4. The van der Waals surface area contributed by atoms with Gasteiger partial charge in [0.2, 0.25) is 17.7 Å². The Hall–Kier alpha value is -4.45. The van der Waals surface area contributed by atoms with Crippen LogP contribution in [0, 0.1) is 0 Å². The van der Waals surface area contributed by atoms with Crippen LogP contribution in [0.1, 0.15) is 63.7 Å². The fourth-order valence-corrected chi connectivity index (χ4v) is 3.98. The molecule has 222 valence electrons. The number of primary amides is 1. The van der Waals surface area contributed by atoms with E-state index in [4.69, 9.17) is 16.2 Å². The number of esters is 1. The molecule has 0 bridgehead atoms. The summed E-state index contributed by atoms with van der Waals surface area (Å²) in [5.41, 5.74) is 11.4. The molecule has 2 aromatic rings. The normalized spacial score (nSPS) is 12.5. The minimum Gasteiger partial charge on any atom is -0.508 e. The van der Waals surface area contributed by atoms with Crippen molar-refractivity contribution in [2.24, 2.45) is 11.5 Å². The fourth-order valence-electron chi connectivity index (χ4n) is 3.98. The van der Waals surface area contributed by atoms with Gasteiger partial charge in [-0.3, -0.25) is 24.0 Å². The number of phenols is 1. The van der Waals surface area contributed by atoms with Crippen molar-refractivity contribution in [1.29, 1.82) is 0 Å². The van der Waals surface area contributed by atoms with Gasteiger partial charge >= 0.3 is 5.97 Å². The van der Waals surface area contributed by atoms with Gasteiger partial charge in [0.25, 0.3) is 5.91 Å². The van der Waals surface area contributed by atoms with Crippen LogP contribution in [0.2, 0.25) is 0 Å². The zero-order valence-electron chi connectivity index (χ0n) is 23.8. The van der Waals surface area contributed by atoms with E-state index in [0.29, 0.717) is 42.6 Å². The predicted octanol–water partition coefficient (Wildman–Crippen LogP) is 1.95. The molecule has 0 fully saturated rings. The van der Waals surface area contributed by atoms with E-state index in [1.165, 1.54) is 37.3 Å². The van der Waals surface area contributed by atoms with Crippen molar-refractivity contribution in [3.05, 3.63) is 48.0 Å². The summed E-state index contributed by atoms with van der Waals surface area (Å²) in [5.74, 6) is -3.23. The quantitative estimate of drug-likeness (QED) is 0.155. The van der Waals surface area contributed by atoms with Crippen molar-refractivity contribution in [3.8, 4) is 16.9 Å². The molecule has 0 heterocycles. The third-order valence-electron chi connectivity index (χ3n) is 5.77. The highest BCUT2D eigenvalue weighted by molar-refractivity contribution is 6.05. The molecule has 0 unspecified atom stereocenters. The fraction of sp³-hybridized carbons (Fsp3) is 0.414. The molecule has 0 spiro atoms. The molecule has 8 N–H and O–H groups in total. The number of unbranched alkanes of at least 4 members (excludes halogenated alkanes) is 1. The van der Waals surface area contributed by atoms with Crippen molar-refractivity contribution < 1.29 is 33.8 Å². The molecule has 0 aliphatic rings. The second-order valence-electron chi connectivity index (χ2n) is 10.6. The maximum Gasteiger partial charge on any atom is 0.308 e. The molecule has 41 heavy (non-hydrogen) atoms. The van der Waals surface area contributed by atoms with Crippen molar-refractivity contribution >= 4 is 35.3 Å². The average Bonchev–Trinajstić information content (AvgIpc) is 2.86. The number of hydrogen-bond donors (Lipinski definition) is 6. The van der Waals surface area contributed by atoms with Crippen molar-refractivity contribution in [3.63, 3.8) is 0 Å². The topological polar surface area (TPSA) is 203 Å². The van der Waals surface area contributed by atoms with E-state index in [9.17, 15) is 29.1 Å². The number of hydrogen-bond acceptors (Lipinski definition) is 8. The summed E-state index contributed by atoms with van der Waals surface area (Å²) in [6.45, 7) is 6.79. The van der Waals surface area contributed by atoms with Crippen LogP contribution in [-0.4, -0.2) is 58.9 Å². The van der Waals surface area contributed by atoms with E-state index in [1.807, 2.05) is 0 Å². The van der Waals surface area contributed by atoms with E-state index in [0.717, 1.165) is 0 Å². The Balaban J connectivity index is 2.39. The van der Waals surface area contributed by atoms with Gasteiger partial charge in [-0.2, -0.15) is 0 Å². The Kier molecular flexibility index (Phi) is 11.8. The molecule has 0 aliphatic heterocycles. The average molecular weight is 570 g/mol. The molecule has 12 nitrogen and oxygen atoms in total. The van der Waals surface area contributed by atoms with Gasteiger partial charge in [0.15, 0.2) is 0 Å². The van der Waals surface area contributed by atoms with Crippen molar-refractivity contribution in [2.75, 3.05) is 11.9 Å². The molecule has 4 amide bonds. The minimum atomic E-state index is -1.35. The largest absolute Gasteiger partial charge is 0.508 e. The lowest BCUT2D eigenvalue weighted by Gasteiger charge is -2.22. The third-order valence-corrected chi connectivity index (χ3v) is 5.77. The van der Waals surface area contributed by atoms with E-state index in [-0.39, 0.29) is 17.2 Å². The second-order valence-corrected chi connectivity index (χ2v) is 10.6. The number of nitrogens with two attached hydrogens (primary N) is 2. The Morgan fingerprint density at radius 2 is 1.68 bits per heavy atom. The zero-order chi connectivity index (χ0) is 30.7. The maximum absolute atomic E-state index is 13.3. The van der Waals surface area contributed by atoms with Gasteiger partial charge in [0.1, 0.15) is 23.4 Å². The number of ether oxygens (including phenoxy) is 1. The highest BCUT2D eigenvalue weighted by atomic mass is 16.6. The highest BCUT2D eigenvalue weighted by Gasteiger charge is 2.27. The summed E-state index contributed by atoms with van der Waals surface area (Å²) in [7, 11) is 0. The minimum absolute atomic E-state index is 0.0612. The van der Waals surface area contributed by atoms with E-state index in [2.05, 4.69) is 16.0 Å². The molecule has 2 atom stereocenters. The van der Waals surface area contributed by atoms with Gasteiger partial charge in [0, 0.05) is 18.2 Å². The van der Waals surface area contributed by atoms with Crippen molar-refractivity contribution in [1.82, 2.24) is 10.6 Å². The van der Waals surface area contributed by atoms with E-state index >= 15 is 0 Å². The van der Waals surface area contributed by atoms with Gasteiger partial charge in [0.05, 0.1) is 6.42 Å². The Morgan fingerprint density at radius 3 is 2.27 bits per heavy atom. The van der Waals surface area contributed by atoms with E-state index in [1.54, 1.807) is 32.9 Å². The van der Waals surface area contributed by atoms with E-state index < -0.39 is 47.8 Å². The number of carbonyl (C=O) groups is 5. The van der Waals surface area contributed by atoms with Crippen LogP contribution in [0.25, 0.3) is 11.1 Å². The number of carbonyl (C=O) groups excluding carboxylic acids is 5. The number of benzene rings is 2. The number of phenolic OH excluding ortho intramolecular Hbond substituents is 1. The first-order valence-electron chi connectivity index (χ1n) is 13.2. The van der Waals surface area contributed by atoms with Crippen LogP contribution in [0.15, 0.2) is 42.5 Å². The summed E-state index contributed by atoms with van der Waals surface area (Å²) in [5, 5.41) is 17.9. The van der Waals surface area contributed by atoms with Gasteiger partial charge in [-0.1, -0.05) is 12.1 Å². The van der Waals surface area contributed by atoms with Gasteiger partial charge in [-0.15, -0.1) is 0 Å². The first-order chi connectivity index (χ1) is 19.2. The second kappa shape index (κ2) is 14.8. The summed E-state index contributed by atoms with van der Waals surface area (Å²) in [4.78, 5) is 62.4. The third kappa shape index (κ3) is 10.9. The molecular formula is C29H39N5O7. The highest BCUT2D eigenvalue weighted by Crippen LogP contribution is 2.30. The monoisotopic (exact) mass is 569 g/mol. The first-order valence-corrected chi connectivity index (χ1v) is 13.2. The van der Waals surface area contributed by atoms with Crippen LogP contribution in [0.4, 0.5) is 5.69 Å². The summed E-state index contributed by atoms with van der Waals surface area (Å²) >= 11 is 0. The number of rotatable bonds is 13. The van der Waals surface area contributed by atoms with Crippen LogP contribution in [0.3, 0.4) is 0 Å². The molecule has 12 heteroatoms. The molecule has 2 aromatic carbocycles.